The molecule has 0 unspecified atom stereocenters. The summed E-state index contributed by atoms with van der Waals surface area (Å²) in [6.45, 7) is 4.79. The quantitative estimate of drug-likeness (QED) is 0.692. The molecule has 0 atom stereocenters. The van der Waals surface area contributed by atoms with Crippen LogP contribution < -0.4 is 11.1 Å². The smallest absolute Gasteiger partial charge is 0.312 e. The van der Waals surface area contributed by atoms with Crippen molar-refractivity contribution in [3.8, 4) is 0 Å². The second kappa shape index (κ2) is 10.3. The van der Waals surface area contributed by atoms with Gasteiger partial charge in [0.1, 0.15) is 0 Å². The first kappa shape index (κ1) is 19.5. The van der Waals surface area contributed by atoms with E-state index >= 15 is 0 Å². The first-order chi connectivity index (χ1) is 12.0. The molecule has 2 rings (SSSR count). The highest BCUT2D eigenvalue weighted by atomic mass is 35.5. The molecule has 0 aromatic heterocycles. The molecule has 1 saturated heterocycles. The summed E-state index contributed by atoms with van der Waals surface area (Å²) in [6.07, 6.45) is 3.19. The van der Waals surface area contributed by atoms with Crippen molar-refractivity contribution in [2.45, 2.75) is 32.2 Å². The number of primary amides is 1. The SMILES string of the molecule is NC(=O)NCCCCCC(=O)N1CCN(Cc2cccc(Cl)c2)CC1. The van der Waals surface area contributed by atoms with E-state index < -0.39 is 6.03 Å². The summed E-state index contributed by atoms with van der Waals surface area (Å²) in [4.78, 5) is 27.1. The molecular weight excluding hydrogens is 340 g/mol. The lowest BCUT2D eigenvalue weighted by Gasteiger charge is -2.34. The number of nitrogens with zero attached hydrogens (tertiary/aromatic N) is 2. The van der Waals surface area contributed by atoms with Gasteiger partial charge in [0, 0.05) is 50.7 Å². The van der Waals surface area contributed by atoms with Crippen LogP contribution in [0, 0.1) is 0 Å². The summed E-state index contributed by atoms with van der Waals surface area (Å²) >= 11 is 6.02. The van der Waals surface area contributed by atoms with Crippen molar-refractivity contribution >= 4 is 23.5 Å². The second-order valence-electron chi connectivity index (χ2n) is 6.39. The molecule has 3 N–H and O–H groups in total. The predicted octanol–water partition coefficient (Wildman–Crippen LogP) is 2.21. The summed E-state index contributed by atoms with van der Waals surface area (Å²) in [7, 11) is 0. The number of nitrogens with two attached hydrogens (primary N) is 1. The summed E-state index contributed by atoms with van der Waals surface area (Å²) in [5, 5.41) is 3.32. The minimum atomic E-state index is -0.494. The topological polar surface area (TPSA) is 78.7 Å². The van der Waals surface area contributed by atoms with E-state index in [0.29, 0.717) is 13.0 Å². The van der Waals surface area contributed by atoms with Gasteiger partial charge in [-0.3, -0.25) is 9.69 Å². The highest BCUT2D eigenvalue weighted by Gasteiger charge is 2.20. The summed E-state index contributed by atoms with van der Waals surface area (Å²) in [5.74, 6) is 0.227. The Balaban J connectivity index is 1.61. The largest absolute Gasteiger partial charge is 0.352 e. The highest BCUT2D eigenvalue weighted by molar-refractivity contribution is 6.30. The Morgan fingerprint density at radius 2 is 1.88 bits per heavy atom. The van der Waals surface area contributed by atoms with Gasteiger partial charge < -0.3 is 16.0 Å². The van der Waals surface area contributed by atoms with Gasteiger partial charge in [-0.2, -0.15) is 0 Å². The lowest BCUT2D eigenvalue weighted by molar-refractivity contribution is -0.133. The number of halogens is 1. The van der Waals surface area contributed by atoms with Crippen molar-refractivity contribution in [3.05, 3.63) is 34.9 Å². The third-order valence-electron chi connectivity index (χ3n) is 4.39. The predicted molar refractivity (Wildman–Crippen MR) is 99.4 cm³/mol. The van der Waals surface area contributed by atoms with Gasteiger partial charge in [-0.15, -0.1) is 0 Å². The molecule has 3 amide bonds. The molecule has 25 heavy (non-hydrogen) atoms. The van der Waals surface area contributed by atoms with Gasteiger partial charge in [-0.05, 0) is 30.5 Å². The number of nitrogens with one attached hydrogen (secondary N) is 1. The van der Waals surface area contributed by atoms with Crippen LogP contribution >= 0.6 is 11.6 Å². The Labute approximate surface area is 154 Å². The van der Waals surface area contributed by atoms with Crippen LogP contribution in [0.5, 0.6) is 0 Å². The number of benzene rings is 1. The van der Waals surface area contributed by atoms with Crippen LogP contribution in [0.1, 0.15) is 31.2 Å². The molecule has 0 radical (unpaired) electrons. The number of carbonyl (C=O) groups excluding carboxylic acids is 2. The fourth-order valence-electron chi connectivity index (χ4n) is 3.00. The van der Waals surface area contributed by atoms with Crippen LogP contribution in [-0.4, -0.2) is 54.5 Å². The maximum atomic E-state index is 12.2. The zero-order valence-corrected chi connectivity index (χ0v) is 15.3. The zero-order chi connectivity index (χ0) is 18.1. The minimum Gasteiger partial charge on any atom is -0.352 e. The standard InChI is InChI=1S/C18H27ClN4O2/c19-16-6-4-5-15(13-16)14-22-9-11-23(12-10-22)17(24)7-2-1-3-8-21-18(20)25/h4-6,13H,1-3,7-12,14H2,(H3,20,21,25). The Morgan fingerprint density at radius 1 is 1.12 bits per heavy atom. The molecular formula is C18H27ClN4O2. The maximum Gasteiger partial charge on any atom is 0.312 e. The Morgan fingerprint density at radius 3 is 2.56 bits per heavy atom. The Bertz CT molecular complexity index is 574. The Hall–Kier alpha value is -1.79. The second-order valence-corrected chi connectivity index (χ2v) is 6.82. The average molecular weight is 367 g/mol. The molecule has 1 heterocycles. The van der Waals surface area contributed by atoms with E-state index in [1.165, 1.54) is 5.56 Å². The third kappa shape index (κ3) is 7.32. The molecule has 1 aliphatic heterocycles. The molecule has 1 fully saturated rings. The monoisotopic (exact) mass is 366 g/mol. The first-order valence-corrected chi connectivity index (χ1v) is 9.20. The fourth-order valence-corrected chi connectivity index (χ4v) is 3.21. The summed E-state index contributed by atoms with van der Waals surface area (Å²) in [5.41, 5.74) is 6.20. The molecule has 1 aromatic carbocycles. The van der Waals surface area contributed by atoms with Crippen molar-refractivity contribution in [1.82, 2.24) is 15.1 Å². The molecule has 7 heteroatoms. The van der Waals surface area contributed by atoms with E-state index in [1.807, 2.05) is 23.1 Å². The number of hydrogen-bond donors (Lipinski definition) is 2. The van der Waals surface area contributed by atoms with Crippen LogP contribution in [0.4, 0.5) is 4.79 Å². The van der Waals surface area contributed by atoms with Crippen molar-refractivity contribution in [2.24, 2.45) is 5.73 Å². The molecule has 0 saturated carbocycles. The van der Waals surface area contributed by atoms with Gasteiger partial charge in [0.05, 0.1) is 0 Å². The van der Waals surface area contributed by atoms with E-state index in [9.17, 15) is 9.59 Å². The molecule has 1 aromatic rings. The lowest BCUT2D eigenvalue weighted by Crippen LogP contribution is -2.48. The van der Waals surface area contributed by atoms with E-state index in [4.69, 9.17) is 17.3 Å². The van der Waals surface area contributed by atoms with Crippen molar-refractivity contribution < 1.29 is 9.59 Å². The number of hydrogen-bond acceptors (Lipinski definition) is 3. The van der Waals surface area contributed by atoms with Gasteiger partial charge in [0.25, 0.3) is 0 Å². The highest BCUT2D eigenvalue weighted by Crippen LogP contribution is 2.14. The molecule has 138 valence electrons. The van der Waals surface area contributed by atoms with E-state index in [0.717, 1.165) is 57.0 Å². The average Bonchev–Trinajstić information content (AvgIpc) is 2.58. The van der Waals surface area contributed by atoms with Crippen molar-refractivity contribution in [3.63, 3.8) is 0 Å². The molecule has 1 aliphatic rings. The van der Waals surface area contributed by atoms with Gasteiger partial charge in [0.15, 0.2) is 0 Å². The number of amides is 3. The van der Waals surface area contributed by atoms with Gasteiger partial charge in [0.2, 0.25) is 5.91 Å². The van der Waals surface area contributed by atoms with Gasteiger partial charge in [-0.25, -0.2) is 4.79 Å². The van der Waals surface area contributed by atoms with E-state index in [1.54, 1.807) is 0 Å². The van der Waals surface area contributed by atoms with Crippen molar-refractivity contribution in [2.75, 3.05) is 32.7 Å². The summed E-state index contributed by atoms with van der Waals surface area (Å²) in [6, 6.07) is 7.43. The fraction of sp³-hybridized carbons (Fsp3) is 0.556. The molecule has 6 nitrogen and oxygen atoms in total. The third-order valence-corrected chi connectivity index (χ3v) is 4.62. The molecule has 0 aliphatic carbocycles. The van der Waals surface area contributed by atoms with Crippen LogP contribution in [-0.2, 0) is 11.3 Å². The van der Waals surface area contributed by atoms with Crippen LogP contribution in [0.2, 0.25) is 5.02 Å². The first-order valence-electron chi connectivity index (χ1n) is 8.82. The number of unbranched alkanes of at least 4 members (excludes halogenated alkanes) is 2. The Kier molecular flexibility index (Phi) is 8.01. The van der Waals surface area contributed by atoms with Crippen LogP contribution in [0.15, 0.2) is 24.3 Å². The van der Waals surface area contributed by atoms with Crippen molar-refractivity contribution in [1.29, 1.82) is 0 Å². The lowest BCUT2D eigenvalue weighted by atomic mass is 10.1. The molecule has 0 spiro atoms. The van der Waals surface area contributed by atoms with Gasteiger partial charge >= 0.3 is 6.03 Å². The number of carbonyl (C=O) groups is 2. The van der Waals surface area contributed by atoms with Crippen LogP contribution in [0.3, 0.4) is 0 Å². The molecule has 0 bridgehead atoms. The van der Waals surface area contributed by atoms with E-state index in [-0.39, 0.29) is 5.91 Å². The zero-order valence-electron chi connectivity index (χ0n) is 14.5. The maximum absolute atomic E-state index is 12.2. The van der Waals surface area contributed by atoms with Gasteiger partial charge in [-0.1, -0.05) is 30.2 Å². The number of urea groups is 1. The normalized spacial score (nSPS) is 15.2. The number of piperazine rings is 1. The van der Waals surface area contributed by atoms with Crippen LogP contribution in [0.25, 0.3) is 0 Å². The minimum absolute atomic E-state index is 0.227. The summed E-state index contributed by atoms with van der Waals surface area (Å²) < 4.78 is 0. The number of rotatable bonds is 8. The van der Waals surface area contributed by atoms with E-state index in [2.05, 4.69) is 16.3 Å².